The molecule has 0 bridgehead atoms. The molecule has 0 saturated heterocycles. The fraction of sp³-hybridized carbons (Fsp3) is 0. The number of hydrogen-bond donors (Lipinski definition) is 0. The molecule has 0 spiro atoms. The molecule has 0 aliphatic carbocycles. The largest absolute Gasteiger partial charge is 0.309 e. The minimum absolute atomic E-state index is 0.714. The Morgan fingerprint density at radius 2 is 0.830 bits per heavy atom. The Morgan fingerprint density at radius 3 is 1.55 bits per heavy atom. The molecule has 2 aromatic heterocycles. The summed E-state index contributed by atoms with van der Waals surface area (Å²) in [6.07, 6.45) is 0. The zero-order valence-corrected chi connectivity index (χ0v) is 28.9. The van der Waals surface area contributed by atoms with Crippen molar-refractivity contribution in [2.24, 2.45) is 0 Å². The first-order chi connectivity index (χ1) is 26.3. The summed E-state index contributed by atoms with van der Waals surface area (Å²) in [6, 6.07) is 71.0. The summed E-state index contributed by atoms with van der Waals surface area (Å²) in [7, 11) is 0. The van der Waals surface area contributed by atoms with Gasteiger partial charge in [-0.15, -0.1) is 0 Å². The summed E-state index contributed by atoms with van der Waals surface area (Å²) in [5.41, 5.74) is 13.2. The fourth-order valence-electron chi connectivity index (χ4n) is 7.68. The van der Waals surface area contributed by atoms with Gasteiger partial charge < -0.3 is 4.57 Å². The summed E-state index contributed by atoms with van der Waals surface area (Å²) >= 11 is 0. The van der Waals surface area contributed by atoms with Crippen LogP contribution < -0.4 is 0 Å². The van der Waals surface area contributed by atoms with Crippen molar-refractivity contribution in [2.75, 3.05) is 0 Å². The highest BCUT2D eigenvalue weighted by Crippen LogP contribution is 2.39. The van der Waals surface area contributed by atoms with Crippen LogP contribution in [0.3, 0.4) is 0 Å². The first-order valence-corrected chi connectivity index (χ1v) is 18.0. The van der Waals surface area contributed by atoms with Crippen molar-refractivity contribution in [3.05, 3.63) is 200 Å². The second kappa shape index (κ2) is 12.9. The second-order valence-electron chi connectivity index (χ2n) is 13.4. The number of aromatic nitrogens is 3. The first-order valence-electron chi connectivity index (χ1n) is 18.0. The predicted molar refractivity (Wildman–Crippen MR) is 221 cm³/mol. The van der Waals surface area contributed by atoms with E-state index in [4.69, 9.17) is 9.97 Å². The van der Waals surface area contributed by atoms with Gasteiger partial charge in [0.15, 0.2) is 5.82 Å². The average molecular weight is 676 g/mol. The maximum absolute atomic E-state index is 5.15. The Labute approximate surface area is 308 Å². The Morgan fingerprint density at radius 1 is 0.302 bits per heavy atom. The summed E-state index contributed by atoms with van der Waals surface area (Å²) in [4.78, 5) is 10.2. The Balaban J connectivity index is 1.09. The molecular weight excluding hydrogens is 643 g/mol. The number of benzene rings is 8. The van der Waals surface area contributed by atoms with Gasteiger partial charge in [0.2, 0.25) is 0 Å². The number of nitrogens with zero attached hydrogens (tertiary/aromatic N) is 3. The van der Waals surface area contributed by atoms with Gasteiger partial charge in [-0.05, 0) is 63.4 Å². The molecule has 3 heteroatoms. The summed E-state index contributed by atoms with van der Waals surface area (Å²) < 4.78 is 2.39. The van der Waals surface area contributed by atoms with Crippen molar-refractivity contribution in [3.8, 4) is 61.8 Å². The molecule has 3 nitrogen and oxygen atoms in total. The molecule has 10 aromatic rings. The standard InChI is InChI=1S/C50H33N3/c1-4-14-34(15-5-1)38-26-29-45-44-22-12-13-23-48(44)53(49(45)32-38)39-27-24-35(25-28-39)40-30-31-43(42-21-11-10-20-41(40)42)47-33-46(36-16-6-2-7-17-36)51-50(52-47)37-18-8-3-9-19-37/h1-33H. The fourth-order valence-corrected chi connectivity index (χ4v) is 7.68. The monoisotopic (exact) mass is 675 g/mol. The van der Waals surface area contributed by atoms with E-state index in [0.29, 0.717) is 5.82 Å². The van der Waals surface area contributed by atoms with Gasteiger partial charge in [-0.1, -0.05) is 170 Å². The van der Waals surface area contributed by atoms with Gasteiger partial charge in [-0.3, -0.25) is 0 Å². The molecule has 0 radical (unpaired) electrons. The number of rotatable bonds is 6. The third-order valence-corrected chi connectivity index (χ3v) is 10.2. The zero-order valence-electron chi connectivity index (χ0n) is 28.9. The van der Waals surface area contributed by atoms with Crippen LogP contribution in [0, 0.1) is 0 Å². The first kappa shape index (κ1) is 30.7. The lowest BCUT2D eigenvalue weighted by molar-refractivity contribution is 1.18. The normalized spacial score (nSPS) is 11.4. The lowest BCUT2D eigenvalue weighted by Gasteiger charge is -2.14. The zero-order chi connectivity index (χ0) is 35.1. The van der Waals surface area contributed by atoms with Gasteiger partial charge in [0.25, 0.3) is 0 Å². The number of fused-ring (bicyclic) bond motifs is 4. The van der Waals surface area contributed by atoms with E-state index in [1.165, 1.54) is 49.4 Å². The molecule has 53 heavy (non-hydrogen) atoms. The molecular formula is C50H33N3. The van der Waals surface area contributed by atoms with Crippen LogP contribution in [0.25, 0.3) is 94.4 Å². The maximum atomic E-state index is 5.15. The van der Waals surface area contributed by atoms with Crippen LogP contribution in [0.1, 0.15) is 0 Å². The topological polar surface area (TPSA) is 30.7 Å². The third kappa shape index (κ3) is 5.47. The van der Waals surface area contributed by atoms with E-state index >= 15 is 0 Å². The van der Waals surface area contributed by atoms with Crippen LogP contribution in [0.4, 0.5) is 0 Å². The summed E-state index contributed by atoms with van der Waals surface area (Å²) in [5.74, 6) is 0.714. The van der Waals surface area contributed by atoms with Crippen molar-refractivity contribution >= 4 is 32.6 Å². The molecule has 0 amide bonds. The molecule has 10 rings (SSSR count). The van der Waals surface area contributed by atoms with Gasteiger partial charge in [0.1, 0.15) is 0 Å². The van der Waals surface area contributed by atoms with Gasteiger partial charge in [0.05, 0.1) is 22.4 Å². The molecule has 0 N–H and O–H groups in total. The smallest absolute Gasteiger partial charge is 0.160 e. The van der Waals surface area contributed by atoms with E-state index in [1.54, 1.807) is 0 Å². The van der Waals surface area contributed by atoms with Gasteiger partial charge in [-0.2, -0.15) is 0 Å². The van der Waals surface area contributed by atoms with Crippen LogP contribution in [0.15, 0.2) is 200 Å². The van der Waals surface area contributed by atoms with Crippen LogP contribution in [-0.4, -0.2) is 14.5 Å². The predicted octanol–water partition coefficient (Wildman–Crippen LogP) is 13.1. The minimum Gasteiger partial charge on any atom is -0.309 e. The molecule has 0 aliphatic rings. The van der Waals surface area contributed by atoms with Gasteiger partial charge in [-0.25, -0.2) is 9.97 Å². The molecule has 8 aromatic carbocycles. The minimum atomic E-state index is 0.714. The third-order valence-electron chi connectivity index (χ3n) is 10.2. The second-order valence-corrected chi connectivity index (χ2v) is 13.4. The van der Waals surface area contributed by atoms with Crippen molar-refractivity contribution in [1.29, 1.82) is 0 Å². The highest BCUT2D eigenvalue weighted by atomic mass is 15.0. The molecule has 0 atom stereocenters. The molecule has 248 valence electrons. The highest BCUT2D eigenvalue weighted by molar-refractivity contribution is 6.10. The Bertz CT molecular complexity index is 2850. The summed E-state index contributed by atoms with van der Waals surface area (Å²) in [5, 5.41) is 4.84. The van der Waals surface area contributed by atoms with Gasteiger partial charge in [0, 0.05) is 33.2 Å². The maximum Gasteiger partial charge on any atom is 0.160 e. The Kier molecular flexibility index (Phi) is 7.47. The average Bonchev–Trinajstić information content (AvgIpc) is 3.58. The van der Waals surface area contributed by atoms with Crippen molar-refractivity contribution in [3.63, 3.8) is 0 Å². The number of para-hydroxylation sites is 1. The number of hydrogen-bond acceptors (Lipinski definition) is 2. The van der Waals surface area contributed by atoms with E-state index in [1.807, 2.05) is 24.3 Å². The molecule has 0 unspecified atom stereocenters. The molecule has 2 heterocycles. The SMILES string of the molecule is c1ccc(-c2ccc3c4ccccc4n(-c4ccc(-c5ccc(-c6cc(-c7ccccc7)nc(-c7ccccc7)n6)c6ccccc56)cc4)c3c2)cc1. The molecule has 0 saturated carbocycles. The van der Waals surface area contributed by atoms with Crippen molar-refractivity contribution < 1.29 is 0 Å². The van der Waals surface area contributed by atoms with Crippen molar-refractivity contribution in [1.82, 2.24) is 14.5 Å². The lowest BCUT2D eigenvalue weighted by Crippen LogP contribution is -1.97. The van der Waals surface area contributed by atoms with E-state index in [-0.39, 0.29) is 0 Å². The quantitative estimate of drug-likeness (QED) is 0.176. The van der Waals surface area contributed by atoms with E-state index in [0.717, 1.165) is 39.2 Å². The van der Waals surface area contributed by atoms with E-state index in [2.05, 4.69) is 180 Å². The van der Waals surface area contributed by atoms with E-state index in [9.17, 15) is 0 Å². The van der Waals surface area contributed by atoms with E-state index < -0.39 is 0 Å². The van der Waals surface area contributed by atoms with Crippen LogP contribution >= 0.6 is 0 Å². The van der Waals surface area contributed by atoms with Crippen molar-refractivity contribution in [2.45, 2.75) is 0 Å². The van der Waals surface area contributed by atoms with Crippen LogP contribution in [0.5, 0.6) is 0 Å². The highest BCUT2D eigenvalue weighted by Gasteiger charge is 2.16. The van der Waals surface area contributed by atoms with Crippen LogP contribution in [-0.2, 0) is 0 Å². The lowest BCUT2D eigenvalue weighted by atomic mass is 9.93. The molecule has 0 fully saturated rings. The molecule has 0 aliphatic heterocycles. The van der Waals surface area contributed by atoms with Crippen LogP contribution in [0.2, 0.25) is 0 Å². The summed E-state index contributed by atoms with van der Waals surface area (Å²) in [6.45, 7) is 0. The van der Waals surface area contributed by atoms with Gasteiger partial charge >= 0.3 is 0 Å². The Hall–Kier alpha value is -7.10.